The van der Waals surface area contributed by atoms with Crippen molar-refractivity contribution in [2.45, 2.75) is 161 Å². The second kappa shape index (κ2) is 29.2. The van der Waals surface area contributed by atoms with Gasteiger partial charge in [-0.15, -0.1) is 0 Å². The average Bonchev–Trinajstić information content (AvgIpc) is 2.90. The van der Waals surface area contributed by atoms with Crippen LogP contribution in [0.25, 0.3) is 0 Å². The summed E-state index contributed by atoms with van der Waals surface area (Å²) < 4.78 is 0. The van der Waals surface area contributed by atoms with E-state index in [0.29, 0.717) is 6.42 Å². The molecule has 0 fully saturated rings. The van der Waals surface area contributed by atoms with Crippen molar-refractivity contribution in [3.8, 4) is 0 Å². The molecule has 0 bridgehead atoms. The van der Waals surface area contributed by atoms with Crippen molar-refractivity contribution in [3.63, 3.8) is 0 Å². The number of unbranched alkanes of at least 4 members (excludes halogenated alkanes) is 16. The number of aliphatic hydroxyl groups excluding tert-OH is 2. The van der Waals surface area contributed by atoms with Gasteiger partial charge in [-0.1, -0.05) is 134 Å². The van der Waals surface area contributed by atoms with Gasteiger partial charge >= 0.3 is 0 Å². The number of amides is 1. The van der Waals surface area contributed by atoms with Crippen LogP contribution in [0.4, 0.5) is 0 Å². The monoisotopic (exact) mass is 519 g/mol. The van der Waals surface area contributed by atoms with Crippen LogP contribution >= 0.6 is 0 Å². The van der Waals surface area contributed by atoms with Crippen molar-refractivity contribution in [1.29, 1.82) is 0 Å². The highest BCUT2D eigenvalue weighted by Gasteiger charge is 2.17. The molecule has 37 heavy (non-hydrogen) atoms. The molecule has 0 radical (unpaired) electrons. The van der Waals surface area contributed by atoms with E-state index in [1.54, 1.807) is 6.08 Å². The number of nitrogens with one attached hydrogen (secondary N) is 1. The van der Waals surface area contributed by atoms with Crippen LogP contribution in [0.2, 0.25) is 0 Å². The first-order valence-electron chi connectivity index (χ1n) is 15.7. The molecule has 0 aliphatic carbocycles. The molecule has 0 saturated carbocycles. The van der Waals surface area contributed by atoms with Gasteiger partial charge in [-0.3, -0.25) is 4.79 Å². The van der Waals surface area contributed by atoms with E-state index in [9.17, 15) is 15.0 Å². The van der Waals surface area contributed by atoms with E-state index in [1.807, 2.05) is 6.08 Å². The van der Waals surface area contributed by atoms with Crippen LogP contribution in [0, 0.1) is 0 Å². The summed E-state index contributed by atoms with van der Waals surface area (Å²) >= 11 is 0. The summed E-state index contributed by atoms with van der Waals surface area (Å²) in [5, 5.41) is 22.7. The molecular weight excluding hydrogens is 458 g/mol. The topological polar surface area (TPSA) is 69.6 Å². The third-order valence-electron chi connectivity index (χ3n) is 6.85. The Labute approximate surface area is 230 Å². The van der Waals surface area contributed by atoms with Crippen molar-refractivity contribution in [2.24, 2.45) is 0 Å². The number of hydrogen-bond acceptors (Lipinski definition) is 3. The Morgan fingerprint density at radius 2 is 1.05 bits per heavy atom. The van der Waals surface area contributed by atoms with Crippen molar-refractivity contribution in [1.82, 2.24) is 5.32 Å². The number of allylic oxidation sites excluding steroid dienone is 5. The van der Waals surface area contributed by atoms with E-state index in [-0.39, 0.29) is 12.5 Å². The summed E-state index contributed by atoms with van der Waals surface area (Å²) in [6.07, 6.45) is 36.5. The maximum absolute atomic E-state index is 12.2. The summed E-state index contributed by atoms with van der Waals surface area (Å²) in [5.74, 6) is -0.0862. The fourth-order valence-electron chi connectivity index (χ4n) is 4.38. The van der Waals surface area contributed by atoms with Gasteiger partial charge in [0.15, 0.2) is 0 Å². The molecule has 0 spiro atoms. The molecule has 3 N–H and O–H groups in total. The molecule has 1 amide bonds. The highest BCUT2D eigenvalue weighted by molar-refractivity contribution is 5.76. The molecule has 2 atom stereocenters. The lowest BCUT2D eigenvalue weighted by atomic mass is 10.1. The SMILES string of the molecule is CCCCCCCCC/C=C/CC/C=C/CC/C=C/C(O)C(CO)NC(=O)CCCCCCCCCC. The first-order chi connectivity index (χ1) is 18.2. The molecule has 0 aliphatic heterocycles. The van der Waals surface area contributed by atoms with Crippen LogP contribution in [0.1, 0.15) is 149 Å². The zero-order valence-electron chi connectivity index (χ0n) is 24.5. The molecule has 0 heterocycles. The normalized spacial score (nSPS) is 13.7. The van der Waals surface area contributed by atoms with Gasteiger partial charge in [0.2, 0.25) is 5.91 Å². The average molecular weight is 520 g/mol. The molecule has 0 aliphatic rings. The summed E-state index contributed by atoms with van der Waals surface area (Å²) in [5.41, 5.74) is 0. The quantitative estimate of drug-likeness (QED) is 0.0750. The van der Waals surface area contributed by atoms with E-state index in [0.717, 1.165) is 38.5 Å². The Balaban J connectivity index is 3.76. The van der Waals surface area contributed by atoms with Crippen LogP contribution in [0.15, 0.2) is 36.5 Å². The second-order valence-corrected chi connectivity index (χ2v) is 10.5. The zero-order chi connectivity index (χ0) is 27.2. The van der Waals surface area contributed by atoms with Crippen LogP contribution < -0.4 is 5.32 Å². The van der Waals surface area contributed by atoms with Crippen molar-refractivity contribution in [3.05, 3.63) is 36.5 Å². The maximum Gasteiger partial charge on any atom is 0.220 e. The van der Waals surface area contributed by atoms with Crippen LogP contribution in [0.5, 0.6) is 0 Å². The van der Waals surface area contributed by atoms with Gasteiger partial charge in [-0.2, -0.15) is 0 Å². The Hall–Kier alpha value is -1.39. The van der Waals surface area contributed by atoms with Crippen molar-refractivity contribution < 1.29 is 15.0 Å². The van der Waals surface area contributed by atoms with E-state index in [4.69, 9.17) is 0 Å². The fourth-order valence-corrected chi connectivity index (χ4v) is 4.38. The minimum absolute atomic E-state index is 0.0862. The highest BCUT2D eigenvalue weighted by Crippen LogP contribution is 2.11. The third kappa shape index (κ3) is 26.0. The summed E-state index contributed by atoms with van der Waals surface area (Å²) in [6.45, 7) is 4.23. The molecule has 4 heteroatoms. The minimum Gasteiger partial charge on any atom is -0.394 e. The number of rotatable bonds is 27. The van der Waals surface area contributed by atoms with E-state index >= 15 is 0 Å². The summed E-state index contributed by atoms with van der Waals surface area (Å²) in [4.78, 5) is 12.2. The predicted molar refractivity (Wildman–Crippen MR) is 161 cm³/mol. The standard InChI is InChI=1S/C33H61NO3/c1-3-5-7-9-11-13-14-15-16-17-18-19-20-21-22-24-26-28-32(36)31(30-35)34-33(37)29-27-25-23-12-10-8-6-4-2/h16-17,20-21,26,28,31-32,35-36H,3-15,18-19,22-25,27,29-30H2,1-2H3,(H,34,37)/b17-16+,21-20+,28-26+. The smallest absolute Gasteiger partial charge is 0.220 e. The van der Waals surface area contributed by atoms with Crippen LogP contribution in [0.3, 0.4) is 0 Å². The third-order valence-corrected chi connectivity index (χ3v) is 6.85. The molecule has 0 rings (SSSR count). The van der Waals surface area contributed by atoms with Gasteiger partial charge in [0.05, 0.1) is 18.8 Å². The first-order valence-corrected chi connectivity index (χ1v) is 15.7. The molecule has 2 unspecified atom stereocenters. The second-order valence-electron chi connectivity index (χ2n) is 10.5. The largest absolute Gasteiger partial charge is 0.394 e. The number of carbonyl (C=O) groups excluding carboxylic acids is 1. The lowest BCUT2D eigenvalue weighted by Crippen LogP contribution is -2.45. The molecule has 0 aromatic rings. The molecular formula is C33H61NO3. The van der Waals surface area contributed by atoms with E-state index in [1.165, 1.54) is 89.9 Å². The van der Waals surface area contributed by atoms with E-state index in [2.05, 4.69) is 43.5 Å². The summed E-state index contributed by atoms with van der Waals surface area (Å²) in [7, 11) is 0. The predicted octanol–water partition coefficient (Wildman–Crippen LogP) is 8.72. The Morgan fingerprint density at radius 3 is 1.57 bits per heavy atom. The Morgan fingerprint density at radius 1 is 0.622 bits per heavy atom. The molecule has 0 aromatic heterocycles. The number of hydrogen-bond donors (Lipinski definition) is 3. The molecule has 0 saturated heterocycles. The van der Waals surface area contributed by atoms with Crippen LogP contribution in [-0.4, -0.2) is 34.9 Å². The van der Waals surface area contributed by atoms with Gasteiger partial charge in [0, 0.05) is 6.42 Å². The van der Waals surface area contributed by atoms with Gasteiger partial charge in [-0.25, -0.2) is 0 Å². The first kappa shape index (κ1) is 35.6. The molecule has 0 aromatic carbocycles. The lowest BCUT2D eigenvalue weighted by Gasteiger charge is -2.19. The lowest BCUT2D eigenvalue weighted by molar-refractivity contribution is -0.123. The highest BCUT2D eigenvalue weighted by atomic mass is 16.3. The minimum atomic E-state index is -0.863. The zero-order valence-corrected chi connectivity index (χ0v) is 24.5. The van der Waals surface area contributed by atoms with Gasteiger partial charge in [0.25, 0.3) is 0 Å². The van der Waals surface area contributed by atoms with Gasteiger partial charge in [-0.05, 0) is 44.9 Å². The van der Waals surface area contributed by atoms with Crippen molar-refractivity contribution in [2.75, 3.05) is 6.61 Å². The van der Waals surface area contributed by atoms with Crippen molar-refractivity contribution >= 4 is 5.91 Å². The Kier molecular flexibility index (Phi) is 28.1. The fraction of sp³-hybridized carbons (Fsp3) is 0.788. The Bertz CT molecular complexity index is 570. The molecule has 4 nitrogen and oxygen atoms in total. The van der Waals surface area contributed by atoms with Gasteiger partial charge in [0.1, 0.15) is 0 Å². The van der Waals surface area contributed by atoms with Gasteiger partial charge < -0.3 is 15.5 Å². The summed E-state index contributed by atoms with van der Waals surface area (Å²) in [6, 6.07) is -0.638. The van der Waals surface area contributed by atoms with Crippen LogP contribution in [-0.2, 0) is 4.79 Å². The number of carbonyl (C=O) groups is 1. The van der Waals surface area contributed by atoms with E-state index < -0.39 is 12.1 Å². The molecule has 216 valence electrons. The number of aliphatic hydroxyl groups is 2. The maximum atomic E-state index is 12.2.